The Bertz CT molecular complexity index is 955. The van der Waals surface area contributed by atoms with Gasteiger partial charge >= 0.3 is 59.1 Å². The predicted octanol–water partition coefficient (Wildman–Crippen LogP) is -3.07. The van der Waals surface area contributed by atoms with E-state index in [4.69, 9.17) is 0 Å². The van der Waals surface area contributed by atoms with Crippen molar-refractivity contribution >= 4 is 20.2 Å². The normalized spacial score (nSPS) is 10.9. The summed E-state index contributed by atoms with van der Waals surface area (Å²) in [6.45, 7) is 7.10. The summed E-state index contributed by atoms with van der Waals surface area (Å²) >= 11 is 0. The van der Waals surface area contributed by atoms with Gasteiger partial charge in [0.05, 0.1) is 9.79 Å². The van der Waals surface area contributed by atoms with Gasteiger partial charge in [-0.3, -0.25) is 0 Å². The van der Waals surface area contributed by atoms with E-state index in [1.165, 1.54) is 12.1 Å². The second-order valence-electron chi connectivity index (χ2n) is 5.80. The van der Waals surface area contributed by atoms with Gasteiger partial charge in [0, 0.05) is 0 Å². The summed E-state index contributed by atoms with van der Waals surface area (Å²) in [5.41, 5.74) is 1.93. The van der Waals surface area contributed by atoms with Gasteiger partial charge in [-0.2, -0.15) is 0 Å². The molecule has 2 aromatic carbocycles. The van der Waals surface area contributed by atoms with Crippen molar-refractivity contribution in [2.24, 2.45) is 0 Å². The molecule has 0 amide bonds. The maximum absolute atomic E-state index is 10.8. The van der Waals surface area contributed by atoms with E-state index in [1.807, 2.05) is 13.8 Å². The SMILES string of the molecule is CC(C)c1ccccc1S(=O)(=O)[O-].Cc1cccc(S(=O)(=O)[O-])c1C.[Na+].[Na+]. The average molecular weight is 430 g/mol. The fraction of sp³-hybridized carbons (Fsp3) is 0.294. The van der Waals surface area contributed by atoms with E-state index in [1.54, 1.807) is 44.2 Å². The maximum Gasteiger partial charge on any atom is 1.00 e. The summed E-state index contributed by atoms with van der Waals surface area (Å²) in [6, 6.07) is 10.9. The topological polar surface area (TPSA) is 114 Å². The molecule has 10 heteroatoms. The van der Waals surface area contributed by atoms with E-state index in [0.717, 1.165) is 5.56 Å². The van der Waals surface area contributed by atoms with E-state index >= 15 is 0 Å². The van der Waals surface area contributed by atoms with Gasteiger partial charge in [-0.15, -0.1) is 0 Å². The summed E-state index contributed by atoms with van der Waals surface area (Å²) < 4.78 is 64.4. The molecule has 0 saturated carbocycles. The van der Waals surface area contributed by atoms with Crippen LogP contribution in [0.15, 0.2) is 52.3 Å². The fourth-order valence-electron chi connectivity index (χ4n) is 2.18. The van der Waals surface area contributed by atoms with Crippen molar-refractivity contribution in [3.8, 4) is 0 Å². The molecule has 0 bridgehead atoms. The Morgan fingerprint density at radius 2 is 1.19 bits per heavy atom. The van der Waals surface area contributed by atoms with Crippen molar-refractivity contribution in [2.45, 2.75) is 43.4 Å². The molecule has 0 saturated heterocycles. The van der Waals surface area contributed by atoms with E-state index in [-0.39, 0.29) is 74.8 Å². The number of aryl methyl sites for hydroxylation is 1. The number of hydrogen-bond donors (Lipinski definition) is 0. The van der Waals surface area contributed by atoms with E-state index in [2.05, 4.69) is 0 Å². The van der Waals surface area contributed by atoms with Crippen LogP contribution in [0.2, 0.25) is 0 Å². The van der Waals surface area contributed by atoms with Crippen LogP contribution in [0.1, 0.15) is 36.5 Å². The average Bonchev–Trinajstić information content (AvgIpc) is 2.48. The molecule has 0 atom stereocenters. The molecule has 0 fully saturated rings. The fourth-order valence-corrected chi connectivity index (χ4v) is 3.80. The van der Waals surface area contributed by atoms with Crippen LogP contribution in [0.3, 0.4) is 0 Å². The zero-order valence-corrected chi connectivity index (χ0v) is 22.0. The first kappa shape index (κ1) is 29.5. The van der Waals surface area contributed by atoms with Gasteiger partial charge < -0.3 is 9.11 Å². The molecule has 2 aromatic rings. The maximum atomic E-state index is 10.8. The van der Waals surface area contributed by atoms with E-state index in [9.17, 15) is 25.9 Å². The first-order valence-corrected chi connectivity index (χ1v) is 10.2. The van der Waals surface area contributed by atoms with Crippen molar-refractivity contribution in [3.63, 3.8) is 0 Å². The molecular weight excluding hydrogens is 410 g/mol. The largest absolute Gasteiger partial charge is 1.00 e. The van der Waals surface area contributed by atoms with Crippen LogP contribution in [-0.2, 0) is 20.2 Å². The molecule has 0 aromatic heterocycles. The molecule has 0 aliphatic heterocycles. The van der Waals surface area contributed by atoms with E-state index in [0.29, 0.717) is 11.1 Å². The molecule has 0 aliphatic carbocycles. The zero-order chi connectivity index (χ0) is 19.4. The summed E-state index contributed by atoms with van der Waals surface area (Å²) in [5.74, 6) is 0.0416. The Kier molecular flexibility index (Phi) is 13.2. The van der Waals surface area contributed by atoms with E-state index < -0.39 is 20.2 Å². The van der Waals surface area contributed by atoms with Crippen LogP contribution in [-0.4, -0.2) is 25.9 Å². The first-order chi connectivity index (χ1) is 11.4. The van der Waals surface area contributed by atoms with Gasteiger partial charge in [-0.1, -0.05) is 44.2 Å². The van der Waals surface area contributed by atoms with Crippen molar-refractivity contribution < 1.29 is 85.1 Å². The molecule has 6 nitrogen and oxygen atoms in total. The molecule has 27 heavy (non-hydrogen) atoms. The molecule has 0 N–H and O–H groups in total. The molecular formula is C17H20Na2O6S2. The summed E-state index contributed by atoms with van der Waals surface area (Å²) in [5, 5.41) is 0. The van der Waals surface area contributed by atoms with Crippen LogP contribution in [0.5, 0.6) is 0 Å². The molecule has 0 aliphatic rings. The molecule has 2 rings (SSSR count). The van der Waals surface area contributed by atoms with Crippen LogP contribution in [0.25, 0.3) is 0 Å². The summed E-state index contributed by atoms with van der Waals surface area (Å²) in [7, 11) is -8.63. The molecule has 138 valence electrons. The Morgan fingerprint density at radius 1 is 0.741 bits per heavy atom. The molecule has 0 unspecified atom stereocenters. The van der Waals surface area contributed by atoms with Gasteiger partial charge in [0.15, 0.2) is 0 Å². The quantitative estimate of drug-likeness (QED) is 0.377. The van der Waals surface area contributed by atoms with Crippen LogP contribution in [0.4, 0.5) is 0 Å². The van der Waals surface area contributed by atoms with Crippen LogP contribution < -0.4 is 59.1 Å². The van der Waals surface area contributed by atoms with Gasteiger partial charge in [-0.25, -0.2) is 16.8 Å². The predicted molar refractivity (Wildman–Crippen MR) is 92.4 cm³/mol. The number of hydrogen-bond acceptors (Lipinski definition) is 6. The number of benzene rings is 2. The van der Waals surface area contributed by atoms with Crippen LogP contribution in [0, 0.1) is 13.8 Å². The summed E-state index contributed by atoms with van der Waals surface area (Å²) in [6.07, 6.45) is 0. The standard InChI is InChI=1S/C9H12O3S.C8H10O3S.2Na/c1-7(2)8-5-3-4-6-9(8)13(10,11)12;1-6-4-3-5-8(7(6)2)12(9,10)11;;/h3-7H,1-2H3,(H,10,11,12);3-5H,1-2H3,(H,9,10,11);;/q;;2*+1/p-2. The molecule has 0 radical (unpaired) electrons. The van der Waals surface area contributed by atoms with Gasteiger partial charge in [0.25, 0.3) is 0 Å². The third-order valence-electron chi connectivity index (χ3n) is 3.63. The Hall–Kier alpha value is 0.260. The second kappa shape index (κ2) is 12.1. The minimum atomic E-state index is -4.33. The number of rotatable bonds is 3. The smallest absolute Gasteiger partial charge is 0.744 e. The van der Waals surface area contributed by atoms with Gasteiger partial charge in [0.2, 0.25) is 0 Å². The van der Waals surface area contributed by atoms with Crippen molar-refractivity contribution in [1.82, 2.24) is 0 Å². The second-order valence-corrected chi connectivity index (χ2v) is 8.49. The van der Waals surface area contributed by atoms with Crippen molar-refractivity contribution in [1.29, 1.82) is 0 Å². The third kappa shape index (κ3) is 9.08. The van der Waals surface area contributed by atoms with Crippen molar-refractivity contribution in [3.05, 3.63) is 59.2 Å². The summed E-state index contributed by atoms with van der Waals surface area (Å²) in [4.78, 5) is -0.229. The Labute approximate surface area is 205 Å². The first-order valence-electron chi connectivity index (χ1n) is 7.42. The molecule has 0 heterocycles. The minimum Gasteiger partial charge on any atom is -0.744 e. The Balaban J connectivity index is 0. The van der Waals surface area contributed by atoms with Crippen molar-refractivity contribution in [2.75, 3.05) is 0 Å². The zero-order valence-electron chi connectivity index (χ0n) is 16.4. The molecule has 0 spiro atoms. The van der Waals surface area contributed by atoms with Crippen LogP contribution >= 0.6 is 0 Å². The van der Waals surface area contributed by atoms with Gasteiger partial charge in [0.1, 0.15) is 20.2 Å². The van der Waals surface area contributed by atoms with Gasteiger partial charge in [-0.05, 0) is 48.6 Å². The minimum absolute atomic E-state index is 0. The Morgan fingerprint density at radius 3 is 1.56 bits per heavy atom. The third-order valence-corrected chi connectivity index (χ3v) is 5.53. The monoisotopic (exact) mass is 430 g/mol.